The predicted molar refractivity (Wildman–Crippen MR) is 98.7 cm³/mol. The van der Waals surface area contributed by atoms with E-state index in [0.29, 0.717) is 29.7 Å². The van der Waals surface area contributed by atoms with Crippen molar-refractivity contribution in [2.24, 2.45) is 0 Å². The molecule has 1 aliphatic rings. The molecule has 0 aromatic heterocycles. The zero-order valence-corrected chi connectivity index (χ0v) is 14.2. The molecule has 0 saturated heterocycles. The lowest BCUT2D eigenvalue weighted by atomic mass is 9.93. The number of carbonyl (C=O) groups is 1. The Hall–Kier alpha value is -3.11. The van der Waals surface area contributed by atoms with Crippen molar-refractivity contribution in [2.45, 2.75) is 12.1 Å². The highest BCUT2D eigenvalue weighted by molar-refractivity contribution is 6.00. The molecule has 0 bridgehead atoms. The van der Waals surface area contributed by atoms with Crippen molar-refractivity contribution in [2.75, 3.05) is 6.54 Å². The van der Waals surface area contributed by atoms with Crippen molar-refractivity contribution < 1.29 is 15.0 Å². The Morgan fingerprint density at radius 3 is 2.23 bits per heavy atom. The Kier molecular flexibility index (Phi) is 3.98. The van der Waals surface area contributed by atoms with Gasteiger partial charge < -0.3 is 15.1 Å². The van der Waals surface area contributed by atoms with Crippen molar-refractivity contribution in [3.8, 4) is 5.75 Å². The molecular weight excluding hydrogens is 326 g/mol. The van der Waals surface area contributed by atoms with Gasteiger partial charge in [0.05, 0.1) is 0 Å². The second kappa shape index (κ2) is 6.32. The molecule has 1 amide bonds. The number of aliphatic hydroxyl groups is 1. The lowest BCUT2D eigenvalue weighted by Crippen LogP contribution is -2.45. The number of hydrogen-bond donors (Lipinski definition) is 2. The summed E-state index contributed by atoms with van der Waals surface area (Å²) < 4.78 is 0. The predicted octanol–water partition coefficient (Wildman–Crippen LogP) is 3.28. The van der Waals surface area contributed by atoms with Crippen LogP contribution in [0.15, 0.2) is 78.9 Å². The van der Waals surface area contributed by atoms with E-state index in [1.165, 1.54) is 4.90 Å². The molecule has 3 aromatic carbocycles. The summed E-state index contributed by atoms with van der Waals surface area (Å²) in [5.41, 5.74) is 1.32. The van der Waals surface area contributed by atoms with Gasteiger partial charge in [-0.15, -0.1) is 0 Å². The molecule has 130 valence electrons. The van der Waals surface area contributed by atoms with Gasteiger partial charge in [-0.05, 0) is 30.2 Å². The van der Waals surface area contributed by atoms with Gasteiger partial charge in [-0.25, -0.2) is 0 Å². The fourth-order valence-electron chi connectivity index (χ4n) is 3.56. The molecule has 0 fully saturated rings. The molecule has 0 radical (unpaired) electrons. The van der Waals surface area contributed by atoms with E-state index in [0.717, 1.165) is 5.56 Å². The lowest BCUT2D eigenvalue weighted by Gasteiger charge is -2.35. The van der Waals surface area contributed by atoms with Gasteiger partial charge >= 0.3 is 0 Å². The van der Waals surface area contributed by atoms with E-state index in [9.17, 15) is 15.0 Å². The van der Waals surface area contributed by atoms with Crippen molar-refractivity contribution >= 4 is 5.91 Å². The second-order valence-corrected chi connectivity index (χ2v) is 6.46. The quantitative estimate of drug-likeness (QED) is 0.763. The minimum Gasteiger partial charge on any atom is -0.508 e. The summed E-state index contributed by atoms with van der Waals surface area (Å²) in [4.78, 5) is 14.5. The lowest BCUT2D eigenvalue weighted by molar-refractivity contribution is -0.0493. The van der Waals surface area contributed by atoms with Gasteiger partial charge in [0.25, 0.3) is 5.91 Å². The summed E-state index contributed by atoms with van der Waals surface area (Å²) in [6.07, 6.45) is 0.579. The summed E-state index contributed by atoms with van der Waals surface area (Å²) >= 11 is 0. The average molecular weight is 345 g/mol. The fourth-order valence-corrected chi connectivity index (χ4v) is 3.56. The zero-order chi connectivity index (χ0) is 18.1. The first-order chi connectivity index (χ1) is 12.6. The number of carbonyl (C=O) groups excluding carboxylic acids is 1. The Bertz CT molecular complexity index is 937. The molecular formula is C22H19NO3. The number of fused-ring (bicyclic) bond motifs is 1. The molecule has 0 spiro atoms. The van der Waals surface area contributed by atoms with Gasteiger partial charge in [-0.2, -0.15) is 0 Å². The summed E-state index contributed by atoms with van der Waals surface area (Å²) in [7, 11) is 0. The number of phenols is 1. The first-order valence-electron chi connectivity index (χ1n) is 8.58. The largest absolute Gasteiger partial charge is 0.508 e. The summed E-state index contributed by atoms with van der Waals surface area (Å²) in [5, 5.41) is 21.1. The molecule has 26 heavy (non-hydrogen) atoms. The van der Waals surface area contributed by atoms with Gasteiger partial charge in [-0.3, -0.25) is 4.79 Å². The van der Waals surface area contributed by atoms with E-state index >= 15 is 0 Å². The Balaban J connectivity index is 1.72. The van der Waals surface area contributed by atoms with Crippen LogP contribution in [0.2, 0.25) is 0 Å². The van der Waals surface area contributed by atoms with Crippen molar-refractivity contribution in [3.63, 3.8) is 0 Å². The number of phenolic OH excluding ortho intramolecular Hbond substituents is 1. The molecule has 3 aromatic rings. The number of aromatic hydroxyl groups is 1. The highest BCUT2D eigenvalue weighted by Crippen LogP contribution is 2.42. The number of hydrogen-bond acceptors (Lipinski definition) is 3. The van der Waals surface area contributed by atoms with E-state index in [4.69, 9.17) is 0 Å². The maximum absolute atomic E-state index is 13.0. The second-order valence-electron chi connectivity index (χ2n) is 6.46. The zero-order valence-electron chi connectivity index (χ0n) is 14.2. The maximum Gasteiger partial charge on any atom is 0.257 e. The first kappa shape index (κ1) is 16.4. The molecule has 4 nitrogen and oxygen atoms in total. The minimum atomic E-state index is -1.48. The van der Waals surface area contributed by atoms with Crippen LogP contribution in [-0.2, 0) is 12.1 Å². The molecule has 1 atom stereocenters. The molecule has 1 aliphatic heterocycles. The number of rotatable bonds is 4. The third-order valence-corrected chi connectivity index (χ3v) is 4.91. The van der Waals surface area contributed by atoms with E-state index in [1.54, 1.807) is 24.3 Å². The van der Waals surface area contributed by atoms with Gasteiger partial charge in [-0.1, -0.05) is 60.7 Å². The van der Waals surface area contributed by atoms with E-state index in [2.05, 4.69) is 0 Å². The number of amides is 1. The molecule has 0 aliphatic carbocycles. The van der Waals surface area contributed by atoms with Crippen LogP contribution >= 0.6 is 0 Å². The van der Waals surface area contributed by atoms with Crippen LogP contribution in [0.25, 0.3) is 0 Å². The van der Waals surface area contributed by atoms with Gasteiger partial charge in [0.1, 0.15) is 5.75 Å². The summed E-state index contributed by atoms with van der Waals surface area (Å²) in [6, 6.07) is 23.4. The Morgan fingerprint density at radius 1 is 0.846 bits per heavy atom. The molecule has 1 heterocycles. The Labute approximate surface area is 152 Å². The van der Waals surface area contributed by atoms with Crippen molar-refractivity contribution in [1.82, 2.24) is 4.90 Å². The highest BCUT2D eigenvalue weighted by atomic mass is 16.3. The van der Waals surface area contributed by atoms with Crippen LogP contribution in [0.1, 0.15) is 27.0 Å². The molecule has 4 rings (SSSR count). The SMILES string of the molecule is O=C1c2ccccc2C(O)(c2ccccc2)N1CCc1ccc(O)cc1. The number of benzene rings is 3. The molecule has 1 unspecified atom stereocenters. The van der Waals surface area contributed by atoms with Gasteiger partial charge in [0.2, 0.25) is 0 Å². The Morgan fingerprint density at radius 2 is 1.50 bits per heavy atom. The van der Waals surface area contributed by atoms with Crippen LogP contribution in [0.4, 0.5) is 0 Å². The highest BCUT2D eigenvalue weighted by Gasteiger charge is 2.49. The molecule has 4 heteroatoms. The van der Waals surface area contributed by atoms with Crippen molar-refractivity contribution in [1.29, 1.82) is 0 Å². The van der Waals surface area contributed by atoms with E-state index in [-0.39, 0.29) is 11.7 Å². The summed E-state index contributed by atoms with van der Waals surface area (Å²) in [5.74, 6) is 0.0323. The van der Waals surface area contributed by atoms with Crippen LogP contribution in [0.3, 0.4) is 0 Å². The smallest absolute Gasteiger partial charge is 0.257 e. The third kappa shape index (κ3) is 2.55. The van der Waals surface area contributed by atoms with Gasteiger partial charge in [0.15, 0.2) is 5.72 Å². The third-order valence-electron chi connectivity index (χ3n) is 4.91. The number of nitrogens with zero attached hydrogens (tertiary/aromatic N) is 1. The first-order valence-corrected chi connectivity index (χ1v) is 8.58. The van der Waals surface area contributed by atoms with Crippen LogP contribution < -0.4 is 0 Å². The van der Waals surface area contributed by atoms with E-state index < -0.39 is 5.72 Å². The van der Waals surface area contributed by atoms with Gasteiger partial charge in [0, 0.05) is 23.2 Å². The van der Waals surface area contributed by atoms with Crippen LogP contribution in [-0.4, -0.2) is 27.6 Å². The van der Waals surface area contributed by atoms with Crippen molar-refractivity contribution in [3.05, 3.63) is 101 Å². The fraction of sp³-hybridized carbons (Fsp3) is 0.136. The standard InChI is InChI=1S/C22H19NO3/c24-18-12-10-16(11-13-18)14-15-23-21(25)19-8-4-5-9-20(19)22(23,26)17-6-2-1-3-7-17/h1-13,24,26H,14-15H2. The maximum atomic E-state index is 13.0. The van der Waals surface area contributed by atoms with E-state index in [1.807, 2.05) is 54.6 Å². The minimum absolute atomic E-state index is 0.175. The average Bonchev–Trinajstić information content (AvgIpc) is 2.91. The van der Waals surface area contributed by atoms with Crippen LogP contribution in [0.5, 0.6) is 5.75 Å². The summed E-state index contributed by atoms with van der Waals surface area (Å²) in [6.45, 7) is 0.365. The molecule has 2 N–H and O–H groups in total. The molecule has 0 saturated carbocycles. The normalized spacial score (nSPS) is 18.8. The monoisotopic (exact) mass is 345 g/mol. The van der Waals surface area contributed by atoms with Crippen LogP contribution in [0, 0.1) is 0 Å². The topological polar surface area (TPSA) is 60.8 Å².